The van der Waals surface area contributed by atoms with Crippen LogP contribution in [0.2, 0.25) is 0 Å². The van der Waals surface area contributed by atoms with E-state index in [1.54, 1.807) is 10.9 Å². The Hall–Kier alpha value is -4.24. The van der Waals surface area contributed by atoms with Crippen LogP contribution in [-0.2, 0) is 11.3 Å². The molecule has 0 unspecified atom stereocenters. The smallest absolute Gasteiger partial charge is 0.278 e. The lowest BCUT2D eigenvalue weighted by molar-refractivity contribution is -0.0511. The van der Waals surface area contributed by atoms with Gasteiger partial charge >= 0.3 is 0 Å². The number of imidazole rings is 2. The zero-order valence-electron chi connectivity index (χ0n) is 18.7. The van der Waals surface area contributed by atoms with Crippen LogP contribution in [0.3, 0.4) is 0 Å². The van der Waals surface area contributed by atoms with E-state index in [2.05, 4.69) is 29.9 Å². The summed E-state index contributed by atoms with van der Waals surface area (Å²) in [5.41, 5.74) is 1.88. The van der Waals surface area contributed by atoms with E-state index in [9.17, 15) is 19.8 Å². The van der Waals surface area contributed by atoms with Crippen molar-refractivity contribution < 1.29 is 20.1 Å². The quantitative estimate of drug-likeness (QED) is 0.204. The SMILES string of the molecule is O=c1[nH]cnc2c1ncn2[C@@H]1O[C@H](CO)[C@@H](O)[C@H]1O.O=c1[nH]cnc2ncn(Cc3ccccc3)c12. The molecule has 0 spiro atoms. The normalized spacial score (nSPS) is 21.5. The molecular formula is C22H22N8O6. The molecule has 0 radical (unpaired) electrons. The molecule has 0 bridgehead atoms. The Morgan fingerprint density at radius 1 is 0.917 bits per heavy atom. The Morgan fingerprint density at radius 3 is 2.42 bits per heavy atom. The van der Waals surface area contributed by atoms with Crippen LogP contribution >= 0.6 is 0 Å². The molecule has 0 saturated carbocycles. The van der Waals surface area contributed by atoms with Gasteiger partial charge in [0.15, 0.2) is 28.6 Å². The van der Waals surface area contributed by atoms with Crippen LogP contribution in [0.1, 0.15) is 11.8 Å². The fourth-order valence-corrected chi connectivity index (χ4v) is 3.98. The Bertz CT molecular complexity index is 1590. The first-order valence-corrected chi connectivity index (χ1v) is 10.9. The van der Waals surface area contributed by atoms with Gasteiger partial charge < -0.3 is 34.6 Å². The lowest BCUT2D eigenvalue weighted by Crippen LogP contribution is -2.33. The minimum Gasteiger partial charge on any atom is -0.394 e. The Labute approximate surface area is 201 Å². The van der Waals surface area contributed by atoms with Crippen molar-refractivity contribution in [1.82, 2.24) is 39.0 Å². The number of aromatic nitrogens is 8. The Balaban J connectivity index is 0.000000149. The molecule has 1 saturated heterocycles. The predicted molar refractivity (Wildman–Crippen MR) is 125 cm³/mol. The maximum absolute atomic E-state index is 11.7. The fourth-order valence-electron chi connectivity index (χ4n) is 3.98. The highest BCUT2D eigenvalue weighted by Crippen LogP contribution is 2.30. The number of hydrogen-bond donors (Lipinski definition) is 5. The van der Waals surface area contributed by atoms with Gasteiger partial charge in [-0.1, -0.05) is 30.3 Å². The molecule has 4 aromatic heterocycles. The van der Waals surface area contributed by atoms with Crippen molar-refractivity contribution >= 4 is 22.3 Å². The number of ether oxygens (including phenoxy) is 1. The molecule has 1 aromatic carbocycles. The van der Waals surface area contributed by atoms with Crippen molar-refractivity contribution in [2.24, 2.45) is 0 Å². The zero-order chi connectivity index (χ0) is 25.2. The molecule has 1 aliphatic heterocycles. The van der Waals surface area contributed by atoms with Crippen LogP contribution in [-0.4, -0.2) is 79.3 Å². The van der Waals surface area contributed by atoms with Crippen molar-refractivity contribution in [3.63, 3.8) is 0 Å². The van der Waals surface area contributed by atoms with Crippen LogP contribution in [0.15, 0.2) is 65.2 Å². The number of nitrogens with zero attached hydrogens (tertiary/aromatic N) is 6. The second-order valence-corrected chi connectivity index (χ2v) is 8.05. The van der Waals surface area contributed by atoms with Gasteiger partial charge in [-0.2, -0.15) is 0 Å². The standard InChI is InChI=1S/C12H10N4O.C10H12N4O5/c17-12-10-11(13-7-14-12)15-8-16(10)6-9-4-2-1-3-5-9;15-1-4-6(16)7(17)10(19-4)14-3-13-5-8(14)11-2-12-9(5)18/h1-5,7-8H,6H2,(H,13,14,17);2-4,6-7,10,15-17H,1H2,(H,11,12,18)/t;4-,6-,7-,10-/m.1/s1. The predicted octanol–water partition coefficient (Wildman–Crippen LogP) is -1.10. The largest absolute Gasteiger partial charge is 0.394 e. The minimum atomic E-state index is -1.24. The van der Waals surface area contributed by atoms with Crippen molar-refractivity contribution in [3.8, 4) is 0 Å². The summed E-state index contributed by atoms with van der Waals surface area (Å²) < 4.78 is 8.51. The molecular weight excluding hydrogens is 472 g/mol. The summed E-state index contributed by atoms with van der Waals surface area (Å²) in [7, 11) is 0. The van der Waals surface area contributed by atoms with Gasteiger partial charge in [-0.15, -0.1) is 0 Å². The van der Waals surface area contributed by atoms with Gasteiger partial charge in [0.1, 0.15) is 18.3 Å². The number of aromatic amines is 2. The molecule has 4 atom stereocenters. The first-order valence-electron chi connectivity index (χ1n) is 10.9. The number of benzene rings is 1. The third-order valence-electron chi connectivity index (χ3n) is 5.77. The summed E-state index contributed by atoms with van der Waals surface area (Å²) in [5, 5.41) is 28.6. The molecule has 0 aliphatic carbocycles. The van der Waals surface area contributed by atoms with Gasteiger partial charge in [-0.05, 0) is 5.56 Å². The summed E-state index contributed by atoms with van der Waals surface area (Å²) >= 11 is 0. The number of aliphatic hydroxyl groups excluding tert-OH is 3. The number of fused-ring (bicyclic) bond motifs is 2. The van der Waals surface area contributed by atoms with Crippen molar-refractivity contribution in [2.45, 2.75) is 31.1 Å². The molecule has 186 valence electrons. The van der Waals surface area contributed by atoms with E-state index in [1.807, 2.05) is 30.3 Å². The van der Waals surface area contributed by atoms with Gasteiger partial charge in [-0.25, -0.2) is 19.9 Å². The Kier molecular flexibility index (Phi) is 6.39. The summed E-state index contributed by atoms with van der Waals surface area (Å²) in [6, 6.07) is 9.92. The number of hydrogen-bond acceptors (Lipinski definition) is 10. The molecule has 14 heteroatoms. The molecule has 1 fully saturated rings. The third-order valence-corrected chi connectivity index (χ3v) is 5.77. The summed E-state index contributed by atoms with van der Waals surface area (Å²) in [4.78, 5) is 44.1. The molecule has 36 heavy (non-hydrogen) atoms. The van der Waals surface area contributed by atoms with Gasteiger partial charge in [0, 0.05) is 6.54 Å². The summed E-state index contributed by atoms with van der Waals surface area (Å²) in [6.07, 6.45) is 1.22. The van der Waals surface area contributed by atoms with Crippen LogP contribution in [0.4, 0.5) is 0 Å². The molecule has 1 aliphatic rings. The van der Waals surface area contributed by atoms with Gasteiger partial charge in [0.2, 0.25) is 0 Å². The second-order valence-electron chi connectivity index (χ2n) is 8.05. The molecule has 14 nitrogen and oxygen atoms in total. The molecule has 0 amide bonds. The van der Waals surface area contributed by atoms with E-state index in [0.717, 1.165) is 5.56 Å². The minimum absolute atomic E-state index is 0.111. The fraction of sp³-hybridized carbons (Fsp3) is 0.273. The Morgan fingerprint density at radius 2 is 1.67 bits per heavy atom. The van der Waals surface area contributed by atoms with Crippen LogP contribution < -0.4 is 11.1 Å². The first kappa shape index (κ1) is 23.5. The number of aliphatic hydroxyl groups is 3. The summed E-state index contributed by atoms with van der Waals surface area (Å²) in [5.74, 6) is 0. The topological polar surface area (TPSA) is 197 Å². The second kappa shape index (κ2) is 9.79. The average Bonchev–Trinajstić information content (AvgIpc) is 3.58. The molecule has 5 aromatic rings. The highest BCUT2D eigenvalue weighted by atomic mass is 16.6. The van der Waals surface area contributed by atoms with Gasteiger partial charge in [-0.3, -0.25) is 14.2 Å². The van der Waals surface area contributed by atoms with Gasteiger partial charge in [0.25, 0.3) is 11.1 Å². The van der Waals surface area contributed by atoms with Crippen molar-refractivity contribution in [3.05, 3.63) is 81.9 Å². The van der Waals surface area contributed by atoms with Crippen LogP contribution in [0.5, 0.6) is 0 Å². The van der Waals surface area contributed by atoms with E-state index in [-0.39, 0.29) is 16.7 Å². The van der Waals surface area contributed by atoms with Crippen molar-refractivity contribution in [2.75, 3.05) is 6.61 Å². The maximum Gasteiger partial charge on any atom is 0.278 e. The van der Waals surface area contributed by atoms with Gasteiger partial charge in [0.05, 0.1) is 31.9 Å². The van der Waals surface area contributed by atoms with Crippen molar-refractivity contribution in [1.29, 1.82) is 0 Å². The molecule has 5 N–H and O–H groups in total. The van der Waals surface area contributed by atoms with E-state index in [1.165, 1.54) is 23.5 Å². The third kappa shape index (κ3) is 4.29. The monoisotopic (exact) mass is 494 g/mol. The lowest BCUT2D eigenvalue weighted by Gasteiger charge is -2.16. The highest BCUT2D eigenvalue weighted by molar-refractivity contribution is 5.69. The van der Waals surface area contributed by atoms with E-state index in [0.29, 0.717) is 17.7 Å². The first-order chi connectivity index (χ1) is 17.5. The molecule has 6 rings (SSSR count). The number of nitrogens with one attached hydrogen (secondary N) is 2. The lowest BCUT2D eigenvalue weighted by atomic mass is 10.1. The summed E-state index contributed by atoms with van der Waals surface area (Å²) in [6.45, 7) is 0.196. The van der Waals surface area contributed by atoms with E-state index in [4.69, 9.17) is 9.84 Å². The van der Waals surface area contributed by atoms with Crippen LogP contribution in [0, 0.1) is 0 Å². The van der Waals surface area contributed by atoms with E-state index >= 15 is 0 Å². The zero-order valence-corrected chi connectivity index (χ0v) is 18.7. The number of H-pyrrole nitrogens is 2. The van der Waals surface area contributed by atoms with E-state index < -0.39 is 36.7 Å². The van der Waals surface area contributed by atoms with Crippen LogP contribution in [0.25, 0.3) is 22.3 Å². The maximum atomic E-state index is 11.7. The molecule has 5 heterocycles. The number of rotatable bonds is 4. The highest BCUT2D eigenvalue weighted by Gasteiger charge is 2.43. The average molecular weight is 494 g/mol.